The van der Waals surface area contributed by atoms with E-state index >= 15 is 0 Å². The van der Waals surface area contributed by atoms with Crippen LogP contribution in [0.5, 0.6) is 0 Å². The number of rotatable bonds is 0. The SMILES string of the molecule is C[C@@H]1NC(=N)N=C(N(C)C)N1.Cl. The Morgan fingerprint density at radius 3 is 2.42 bits per heavy atom. The monoisotopic (exact) mass is 191 g/mol. The molecule has 0 aromatic carbocycles. The molecule has 1 atom stereocenters. The van der Waals surface area contributed by atoms with Gasteiger partial charge in [-0.05, 0) is 6.92 Å². The Hall–Kier alpha value is -0.970. The molecule has 0 saturated heterocycles. The van der Waals surface area contributed by atoms with Gasteiger partial charge in [-0.3, -0.25) is 5.41 Å². The van der Waals surface area contributed by atoms with E-state index in [0.717, 1.165) is 5.96 Å². The molecule has 0 aromatic rings. The second-order valence-corrected chi connectivity index (χ2v) is 2.69. The minimum atomic E-state index is 0. The van der Waals surface area contributed by atoms with Crippen molar-refractivity contribution in [1.29, 1.82) is 5.41 Å². The van der Waals surface area contributed by atoms with E-state index in [9.17, 15) is 0 Å². The van der Waals surface area contributed by atoms with Gasteiger partial charge in [0.05, 0.1) is 6.17 Å². The van der Waals surface area contributed by atoms with Gasteiger partial charge in [0.1, 0.15) is 0 Å². The molecule has 3 N–H and O–H groups in total. The average Bonchev–Trinajstić information content (AvgIpc) is 1.85. The third-order valence-corrected chi connectivity index (χ3v) is 1.34. The highest BCUT2D eigenvalue weighted by Gasteiger charge is 2.13. The fraction of sp³-hybridized carbons (Fsp3) is 0.667. The Balaban J connectivity index is 0.00000121. The average molecular weight is 192 g/mol. The molecule has 6 heteroatoms. The van der Waals surface area contributed by atoms with Gasteiger partial charge in [-0.2, -0.15) is 4.99 Å². The molecule has 0 bridgehead atoms. The van der Waals surface area contributed by atoms with Crippen molar-refractivity contribution in [2.45, 2.75) is 13.1 Å². The lowest BCUT2D eigenvalue weighted by Gasteiger charge is -2.26. The molecule has 70 valence electrons. The minimum Gasteiger partial charge on any atom is -0.349 e. The van der Waals surface area contributed by atoms with Crippen LogP contribution < -0.4 is 10.6 Å². The molecule has 0 radical (unpaired) electrons. The molecular weight excluding hydrogens is 178 g/mol. The van der Waals surface area contributed by atoms with Gasteiger partial charge < -0.3 is 15.5 Å². The van der Waals surface area contributed by atoms with Gasteiger partial charge >= 0.3 is 0 Å². The number of nitrogens with zero attached hydrogens (tertiary/aromatic N) is 2. The molecular formula is C6H14ClN5. The summed E-state index contributed by atoms with van der Waals surface area (Å²) in [5.74, 6) is 0.932. The zero-order chi connectivity index (χ0) is 8.43. The van der Waals surface area contributed by atoms with Crippen LogP contribution in [0.25, 0.3) is 0 Å². The number of halogens is 1. The van der Waals surface area contributed by atoms with Crippen molar-refractivity contribution in [3.63, 3.8) is 0 Å². The quantitative estimate of drug-likeness (QED) is 0.497. The van der Waals surface area contributed by atoms with Crippen LogP contribution in [-0.2, 0) is 0 Å². The van der Waals surface area contributed by atoms with Crippen molar-refractivity contribution >= 4 is 24.3 Å². The molecule has 1 rings (SSSR count). The summed E-state index contributed by atoms with van der Waals surface area (Å²) in [5.41, 5.74) is 0. The van der Waals surface area contributed by atoms with Crippen molar-refractivity contribution in [3.05, 3.63) is 0 Å². The summed E-state index contributed by atoms with van der Waals surface area (Å²) in [4.78, 5) is 5.78. The van der Waals surface area contributed by atoms with E-state index in [0.29, 0.717) is 0 Å². The summed E-state index contributed by atoms with van der Waals surface area (Å²) in [5, 5.41) is 13.2. The van der Waals surface area contributed by atoms with Crippen LogP contribution in [0.15, 0.2) is 4.99 Å². The first-order valence-electron chi connectivity index (χ1n) is 3.47. The molecule has 0 spiro atoms. The summed E-state index contributed by atoms with van der Waals surface area (Å²) in [6, 6.07) is 0. The van der Waals surface area contributed by atoms with Crippen molar-refractivity contribution in [2.75, 3.05) is 14.1 Å². The van der Waals surface area contributed by atoms with E-state index in [4.69, 9.17) is 5.41 Å². The molecule has 12 heavy (non-hydrogen) atoms. The van der Waals surface area contributed by atoms with Crippen molar-refractivity contribution in [2.24, 2.45) is 4.99 Å². The molecule has 1 aliphatic rings. The Labute approximate surface area is 78.2 Å². The Morgan fingerprint density at radius 2 is 2.00 bits per heavy atom. The summed E-state index contributed by atoms with van der Waals surface area (Å²) in [6.07, 6.45) is 0.0809. The van der Waals surface area contributed by atoms with Gasteiger partial charge in [0.2, 0.25) is 11.9 Å². The molecule has 0 aromatic heterocycles. The van der Waals surface area contributed by atoms with Gasteiger partial charge in [-0.25, -0.2) is 0 Å². The lowest BCUT2D eigenvalue weighted by molar-refractivity contribution is 0.519. The minimum absolute atomic E-state index is 0. The molecule has 0 fully saturated rings. The predicted octanol–water partition coefficient (Wildman–Crippen LogP) is -0.201. The highest BCUT2D eigenvalue weighted by atomic mass is 35.5. The second-order valence-electron chi connectivity index (χ2n) is 2.69. The maximum atomic E-state index is 7.28. The maximum absolute atomic E-state index is 7.28. The summed E-state index contributed by atoms with van der Waals surface area (Å²) < 4.78 is 0. The van der Waals surface area contributed by atoms with E-state index in [1.54, 1.807) is 0 Å². The lowest BCUT2D eigenvalue weighted by Crippen LogP contribution is -2.54. The highest BCUT2D eigenvalue weighted by molar-refractivity contribution is 5.95. The molecule has 0 saturated carbocycles. The third-order valence-electron chi connectivity index (χ3n) is 1.34. The summed E-state index contributed by atoms with van der Waals surface area (Å²) in [6.45, 7) is 1.94. The van der Waals surface area contributed by atoms with Gasteiger partial charge in [0.15, 0.2) is 0 Å². The van der Waals surface area contributed by atoms with E-state index in [1.165, 1.54) is 0 Å². The van der Waals surface area contributed by atoms with Gasteiger partial charge in [-0.15, -0.1) is 12.4 Å². The zero-order valence-corrected chi connectivity index (χ0v) is 8.20. The van der Waals surface area contributed by atoms with Crippen molar-refractivity contribution < 1.29 is 0 Å². The number of aliphatic imine (C=N–C) groups is 1. The topological polar surface area (TPSA) is 63.5 Å². The third kappa shape index (κ3) is 2.58. The largest absolute Gasteiger partial charge is 0.349 e. The molecule has 0 amide bonds. The van der Waals surface area contributed by atoms with Crippen molar-refractivity contribution in [3.8, 4) is 0 Å². The van der Waals surface area contributed by atoms with Gasteiger partial charge in [0, 0.05) is 14.1 Å². The van der Waals surface area contributed by atoms with Crippen LogP contribution >= 0.6 is 12.4 Å². The molecule has 5 nitrogen and oxygen atoms in total. The first-order valence-corrected chi connectivity index (χ1v) is 3.47. The number of hydrogen-bond acceptors (Lipinski definition) is 3. The molecule has 1 heterocycles. The Kier molecular flexibility index (Phi) is 3.82. The molecule has 1 aliphatic heterocycles. The first-order chi connectivity index (χ1) is 5.09. The number of nitrogens with one attached hydrogen (secondary N) is 3. The lowest BCUT2D eigenvalue weighted by atomic mass is 10.5. The normalized spacial score (nSPS) is 21.4. The van der Waals surface area contributed by atoms with Gasteiger partial charge in [0.25, 0.3) is 0 Å². The predicted molar refractivity (Wildman–Crippen MR) is 51.8 cm³/mol. The van der Waals surface area contributed by atoms with Crippen LogP contribution in [0.1, 0.15) is 6.92 Å². The van der Waals surface area contributed by atoms with Crippen molar-refractivity contribution in [1.82, 2.24) is 15.5 Å². The standard InChI is InChI=1S/C6H13N5.ClH/c1-4-8-5(7)10-6(9-4)11(2)3;/h4H,1-3H3,(H3,7,8,9,10);1H/t4-;/m1./s1. The van der Waals surface area contributed by atoms with E-state index in [-0.39, 0.29) is 24.5 Å². The van der Waals surface area contributed by atoms with Crippen LogP contribution in [0.4, 0.5) is 0 Å². The van der Waals surface area contributed by atoms with Crippen LogP contribution in [0, 0.1) is 5.41 Å². The summed E-state index contributed by atoms with van der Waals surface area (Å²) in [7, 11) is 3.77. The van der Waals surface area contributed by atoms with Crippen LogP contribution in [0.3, 0.4) is 0 Å². The van der Waals surface area contributed by atoms with E-state index in [1.807, 2.05) is 25.9 Å². The fourth-order valence-corrected chi connectivity index (χ4v) is 0.834. The zero-order valence-electron chi connectivity index (χ0n) is 7.38. The van der Waals surface area contributed by atoms with E-state index < -0.39 is 0 Å². The number of guanidine groups is 2. The Bertz CT molecular complexity index is 200. The maximum Gasteiger partial charge on any atom is 0.219 e. The molecule has 0 aliphatic carbocycles. The highest BCUT2D eigenvalue weighted by Crippen LogP contribution is 1.90. The fourth-order valence-electron chi connectivity index (χ4n) is 0.834. The van der Waals surface area contributed by atoms with Crippen LogP contribution in [0.2, 0.25) is 0 Å². The summed E-state index contributed by atoms with van der Waals surface area (Å²) >= 11 is 0. The van der Waals surface area contributed by atoms with E-state index in [2.05, 4.69) is 15.6 Å². The molecule has 0 unspecified atom stereocenters. The van der Waals surface area contributed by atoms with Crippen LogP contribution in [-0.4, -0.2) is 37.1 Å². The second kappa shape index (κ2) is 4.15. The number of hydrogen-bond donors (Lipinski definition) is 3. The first kappa shape index (κ1) is 11.0. The van der Waals surface area contributed by atoms with Gasteiger partial charge in [-0.1, -0.05) is 0 Å². The Morgan fingerprint density at radius 1 is 1.42 bits per heavy atom. The smallest absolute Gasteiger partial charge is 0.219 e.